The summed E-state index contributed by atoms with van der Waals surface area (Å²) in [6.07, 6.45) is 43.9. The van der Waals surface area contributed by atoms with E-state index < -0.39 is 6.10 Å². The fraction of sp³-hybridized carbons (Fsp3) is 0.941. The van der Waals surface area contributed by atoms with Crippen LogP contribution in [0.3, 0.4) is 0 Å². The van der Waals surface area contributed by atoms with E-state index in [4.69, 9.17) is 14.2 Å². The summed E-state index contributed by atoms with van der Waals surface area (Å²) < 4.78 is 16.8. The van der Waals surface area contributed by atoms with Crippen LogP contribution in [0.5, 0.6) is 0 Å². The molecule has 0 aromatic rings. The zero-order valence-electron chi connectivity index (χ0n) is 39.0. The zero-order chi connectivity index (χ0) is 41.9. The van der Waals surface area contributed by atoms with Crippen molar-refractivity contribution in [3.63, 3.8) is 0 Å². The molecule has 0 aliphatic carbocycles. The average molecular weight is 807 g/mol. The van der Waals surface area contributed by atoms with Crippen molar-refractivity contribution >= 4 is 17.9 Å². The fourth-order valence-electron chi connectivity index (χ4n) is 7.64. The highest BCUT2D eigenvalue weighted by atomic mass is 16.6. The van der Waals surface area contributed by atoms with Crippen molar-refractivity contribution in [2.24, 2.45) is 11.8 Å². The summed E-state index contributed by atoms with van der Waals surface area (Å²) in [5, 5.41) is 0. The molecule has 0 unspecified atom stereocenters. The molecule has 338 valence electrons. The van der Waals surface area contributed by atoms with Gasteiger partial charge in [-0.05, 0) is 31.1 Å². The van der Waals surface area contributed by atoms with Gasteiger partial charge in [-0.1, -0.05) is 240 Å². The molecule has 57 heavy (non-hydrogen) atoms. The molecule has 0 aliphatic heterocycles. The molecule has 6 heteroatoms. The van der Waals surface area contributed by atoms with E-state index in [0.717, 1.165) is 69.6 Å². The Kier molecular flexibility index (Phi) is 42.7. The maximum absolute atomic E-state index is 12.7. The highest BCUT2D eigenvalue weighted by Crippen LogP contribution is 2.17. The van der Waals surface area contributed by atoms with Crippen molar-refractivity contribution in [2.75, 3.05) is 13.2 Å². The van der Waals surface area contributed by atoms with Gasteiger partial charge >= 0.3 is 17.9 Å². The summed E-state index contributed by atoms with van der Waals surface area (Å²) in [6.45, 7) is 11.3. The second-order valence-electron chi connectivity index (χ2n) is 18.4. The standard InChI is InChI=1S/C51H98O6/c1-6-7-8-9-10-11-12-13-14-15-16-17-18-21-26-31-36-41-49(52)55-44-48(45-56-50(53)42-37-32-28-23-25-30-35-40-47(4)5)57-51(54)43-38-33-27-22-19-20-24-29-34-39-46(2)3/h46-48H,6-45H2,1-5H3/t48-/m1/s1. The van der Waals surface area contributed by atoms with E-state index in [1.807, 2.05) is 0 Å². The number of hydrogen-bond donors (Lipinski definition) is 0. The Bertz CT molecular complexity index is 870. The van der Waals surface area contributed by atoms with Gasteiger partial charge in [0.2, 0.25) is 0 Å². The fourth-order valence-corrected chi connectivity index (χ4v) is 7.64. The average Bonchev–Trinajstić information content (AvgIpc) is 3.18. The van der Waals surface area contributed by atoms with Crippen molar-refractivity contribution in [3.05, 3.63) is 0 Å². The maximum Gasteiger partial charge on any atom is 0.306 e. The predicted octanol–water partition coefficient (Wildman–Crippen LogP) is 16.1. The topological polar surface area (TPSA) is 78.9 Å². The minimum absolute atomic E-state index is 0.0647. The predicted molar refractivity (Wildman–Crippen MR) is 243 cm³/mol. The van der Waals surface area contributed by atoms with Crippen molar-refractivity contribution in [1.82, 2.24) is 0 Å². The number of unbranched alkanes of at least 4 members (excludes halogenated alkanes) is 30. The molecular weight excluding hydrogens is 709 g/mol. The molecule has 0 amide bonds. The number of carbonyl (C=O) groups is 3. The van der Waals surface area contributed by atoms with E-state index in [1.54, 1.807) is 0 Å². The van der Waals surface area contributed by atoms with E-state index >= 15 is 0 Å². The van der Waals surface area contributed by atoms with Crippen LogP contribution in [0, 0.1) is 11.8 Å². The van der Waals surface area contributed by atoms with Gasteiger partial charge in [0.25, 0.3) is 0 Å². The maximum atomic E-state index is 12.7. The van der Waals surface area contributed by atoms with Gasteiger partial charge < -0.3 is 14.2 Å². The summed E-state index contributed by atoms with van der Waals surface area (Å²) in [5.74, 6) is 0.733. The molecule has 0 aromatic carbocycles. The Balaban J connectivity index is 4.27. The minimum atomic E-state index is -0.762. The quantitative estimate of drug-likeness (QED) is 0.0346. The van der Waals surface area contributed by atoms with Gasteiger partial charge in [-0.2, -0.15) is 0 Å². The molecule has 0 N–H and O–H groups in total. The Labute approximate surface area is 355 Å². The third-order valence-electron chi connectivity index (χ3n) is 11.5. The van der Waals surface area contributed by atoms with Crippen LogP contribution in [-0.4, -0.2) is 37.2 Å². The van der Waals surface area contributed by atoms with Crippen molar-refractivity contribution < 1.29 is 28.6 Å². The number of ether oxygens (including phenoxy) is 3. The molecule has 0 fully saturated rings. The lowest BCUT2D eigenvalue weighted by Crippen LogP contribution is -2.30. The minimum Gasteiger partial charge on any atom is -0.462 e. The van der Waals surface area contributed by atoms with Crippen LogP contribution in [0.1, 0.15) is 279 Å². The third-order valence-corrected chi connectivity index (χ3v) is 11.5. The largest absolute Gasteiger partial charge is 0.462 e. The molecule has 0 rings (SSSR count). The molecular formula is C51H98O6. The monoisotopic (exact) mass is 807 g/mol. The molecule has 0 radical (unpaired) electrons. The van der Waals surface area contributed by atoms with Crippen LogP contribution in [0.25, 0.3) is 0 Å². The van der Waals surface area contributed by atoms with Gasteiger partial charge in [-0.3, -0.25) is 14.4 Å². The van der Waals surface area contributed by atoms with Crippen LogP contribution in [0.15, 0.2) is 0 Å². The first-order chi connectivity index (χ1) is 27.7. The van der Waals surface area contributed by atoms with Crippen LogP contribution in [-0.2, 0) is 28.6 Å². The number of rotatable bonds is 45. The summed E-state index contributed by atoms with van der Waals surface area (Å²) in [5.41, 5.74) is 0. The lowest BCUT2D eigenvalue weighted by Gasteiger charge is -2.18. The molecule has 0 spiro atoms. The Morgan fingerprint density at radius 1 is 0.333 bits per heavy atom. The molecule has 6 nitrogen and oxygen atoms in total. The molecule has 0 saturated carbocycles. The number of hydrogen-bond acceptors (Lipinski definition) is 6. The van der Waals surface area contributed by atoms with Gasteiger partial charge in [-0.15, -0.1) is 0 Å². The smallest absolute Gasteiger partial charge is 0.306 e. The molecule has 0 aliphatic rings. The highest BCUT2D eigenvalue weighted by molar-refractivity contribution is 5.71. The highest BCUT2D eigenvalue weighted by Gasteiger charge is 2.19. The normalized spacial score (nSPS) is 12.1. The van der Waals surface area contributed by atoms with E-state index in [-0.39, 0.29) is 31.1 Å². The summed E-state index contributed by atoms with van der Waals surface area (Å²) in [6, 6.07) is 0. The second kappa shape index (κ2) is 44.0. The number of esters is 3. The van der Waals surface area contributed by atoms with E-state index in [9.17, 15) is 14.4 Å². The Hall–Kier alpha value is -1.59. The van der Waals surface area contributed by atoms with Crippen LogP contribution in [0.2, 0.25) is 0 Å². The van der Waals surface area contributed by atoms with Gasteiger partial charge in [0.05, 0.1) is 0 Å². The van der Waals surface area contributed by atoms with Crippen molar-refractivity contribution in [3.8, 4) is 0 Å². The summed E-state index contributed by atoms with van der Waals surface area (Å²) >= 11 is 0. The third kappa shape index (κ3) is 45.3. The first-order valence-electron chi connectivity index (χ1n) is 25.2. The van der Waals surface area contributed by atoms with Gasteiger partial charge in [-0.25, -0.2) is 0 Å². The lowest BCUT2D eigenvalue weighted by atomic mass is 10.0. The molecule has 0 saturated heterocycles. The first-order valence-corrected chi connectivity index (χ1v) is 25.2. The molecule has 0 bridgehead atoms. The summed E-state index contributed by atoms with van der Waals surface area (Å²) in [7, 11) is 0. The Morgan fingerprint density at radius 2 is 0.579 bits per heavy atom. The number of carbonyl (C=O) groups excluding carboxylic acids is 3. The molecule has 1 atom stereocenters. The van der Waals surface area contributed by atoms with Crippen LogP contribution < -0.4 is 0 Å². The summed E-state index contributed by atoms with van der Waals surface area (Å²) in [4.78, 5) is 37.8. The van der Waals surface area contributed by atoms with Gasteiger partial charge in [0.15, 0.2) is 6.10 Å². The van der Waals surface area contributed by atoms with Crippen molar-refractivity contribution in [1.29, 1.82) is 0 Å². The van der Waals surface area contributed by atoms with Crippen LogP contribution >= 0.6 is 0 Å². The van der Waals surface area contributed by atoms with Gasteiger partial charge in [0, 0.05) is 19.3 Å². The Morgan fingerprint density at radius 3 is 0.860 bits per heavy atom. The SMILES string of the molecule is CCCCCCCCCCCCCCCCCCCC(=O)OC[C@H](COC(=O)CCCCCCCCCC(C)C)OC(=O)CCCCCCCCCCCC(C)C. The van der Waals surface area contributed by atoms with E-state index in [0.29, 0.717) is 19.3 Å². The van der Waals surface area contributed by atoms with Crippen molar-refractivity contribution in [2.45, 2.75) is 285 Å². The zero-order valence-corrected chi connectivity index (χ0v) is 39.0. The van der Waals surface area contributed by atoms with E-state index in [2.05, 4.69) is 34.6 Å². The molecule has 0 heterocycles. The molecule has 0 aromatic heterocycles. The van der Waals surface area contributed by atoms with Crippen LogP contribution in [0.4, 0.5) is 0 Å². The van der Waals surface area contributed by atoms with Gasteiger partial charge in [0.1, 0.15) is 13.2 Å². The van der Waals surface area contributed by atoms with E-state index in [1.165, 1.54) is 167 Å². The second-order valence-corrected chi connectivity index (χ2v) is 18.4. The lowest BCUT2D eigenvalue weighted by molar-refractivity contribution is -0.167. The first kappa shape index (κ1) is 55.4.